The normalized spacial score (nSPS) is 14.0. The molecule has 0 saturated heterocycles. The van der Waals surface area contributed by atoms with E-state index in [1.54, 1.807) is 18.5 Å². The van der Waals surface area contributed by atoms with Gasteiger partial charge in [-0.1, -0.05) is 12.8 Å². The summed E-state index contributed by atoms with van der Waals surface area (Å²) < 4.78 is 14.0. The standard InChI is InChI=1S/C30H27FN8O/c31-22-8-19(9-23(40)11-22)26-28-25(5-6-34-26)36-30(37-28)27-24-10-21(16-35-29(24)39-38-27)20-7-18(14-33-15-20)13-32-12-17-3-1-2-4-17/h5-11,14-17,32,40H,1-4,12-13H2,(H,36,37)(H,35,38,39). The zero-order valence-corrected chi connectivity index (χ0v) is 21.7. The van der Waals surface area contributed by atoms with Gasteiger partial charge in [0.2, 0.25) is 0 Å². The number of halogens is 1. The number of rotatable bonds is 7. The molecule has 0 aliphatic heterocycles. The summed E-state index contributed by atoms with van der Waals surface area (Å²) in [6.45, 7) is 1.83. The first-order valence-electron chi connectivity index (χ1n) is 13.4. The maximum absolute atomic E-state index is 14.0. The fourth-order valence-electron chi connectivity index (χ4n) is 5.59. The number of nitrogens with zero attached hydrogens (tertiary/aromatic N) is 5. The van der Waals surface area contributed by atoms with Crippen LogP contribution >= 0.6 is 0 Å². The molecule has 1 aliphatic carbocycles. The molecule has 0 unspecified atom stereocenters. The molecule has 5 aromatic heterocycles. The second-order valence-electron chi connectivity index (χ2n) is 10.4. The van der Waals surface area contributed by atoms with Crippen LogP contribution in [0.3, 0.4) is 0 Å². The van der Waals surface area contributed by atoms with Crippen LogP contribution in [-0.2, 0) is 6.54 Å². The van der Waals surface area contributed by atoms with Gasteiger partial charge in [-0.3, -0.25) is 15.1 Å². The Morgan fingerprint density at radius 2 is 1.85 bits per heavy atom. The highest BCUT2D eigenvalue weighted by molar-refractivity contribution is 5.96. The average Bonchev–Trinajstić information content (AvgIpc) is 3.71. The lowest BCUT2D eigenvalue weighted by atomic mass is 10.1. The predicted molar refractivity (Wildman–Crippen MR) is 151 cm³/mol. The summed E-state index contributed by atoms with van der Waals surface area (Å²) in [5.41, 5.74) is 6.44. The first-order valence-corrected chi connectivity index (χ1v) is 13.4. The molecule has 1 aromatic carbocycles. The van der Waals surface area contributed by atoms with E-state index in [0.717, 1.165) is 52.7 Å². The number of benzene rings is 1. The minimum atomic E-state index is -0.550. The lowest BCUT2D eigenvalue weighted by molar-refractivity contribution is 0.469. The van der Waals surface area contributed by atoms with Gasteiger partial charge in [-0.15, -0.1) is 0 Å². The van der Waals surface area contributed by atoms with Gasteiger partial charge in [-0.25, -0.2) is 14.4 Å². The van der Waals surface area contributed by atoms with E-state index in [2.05, 4.69) is 41.5 Å². The molecule has 9 nitrogen and oxygen atoms in total. The van der Waals surface area contributed by atoms with Crippen LogP contribution in [0.15, 0.2) is 61.2 Å². The topological polar surface area (TPSA) is 128 Å². The lowest BCUT2D eigenvalue weighted by Gasteiger charge is -2.11. The zero-order chi connectivity index (χ0) is 27.1. The maximum atomic E-state index is 14.0. The number of nitrogens with one attached hydrogen (secondary N) is 3. The van der Waals surface area contributed by atoms with Gasteiger partial charge in [-0.2, -0.15) is 5.10 Å². The fourth-order valence-corrected chi connectivity index (χ4v) is 5.59. The van der Waals surface area contributed by atoms with E-state index in [-0.39, 0.29) is 5.75 Å². The Hall–Kier alpha value is -4.70. The summed E-state index contributed by atoms with van der Waals surface area (Å²) in [4.78, 5) is 21.6. The number of phenolic OH excluding ortho intramolecular Hbond substituents is 1. The Morgan fingerprint density at radius 3 is 2.73 bits per heavy atom. The van der Waals surface area contributed by atoms with Crippen molar-refractivity contribution < 1.29 is 9.50 Å². The number of imidazole rings is 1. The van der Waals surface area contributed by atoms with E-state index in [1.807, 2.05) is 18.5 Å². The second-order valence-corrected chi connectivity index (χ2v) is 10.4. The molecule has 10 heteroatoms. The van der Waals surface area contributed by atoms with Crippen LogP contribution < -0.4 is 5.32 Å². The molecule has 0 atom stereocenters. The van der Waals surface area contributed by atoms with E-state index in [9.17, 15) is 9.50 Å². The molecular weight excluding hydrogens is 507 g/mol. The summed E-state index contributed by atoms with van der Waals surface area (Å²) in [7, 11) is 0. The van der Waals surface area contributed by atoms with E-state index in [4.69, 9.17) is 4.98 Å². The molecular formula is C30H27FN8O. The van der Waals surface area contributed by atoms with Crippen LogP contribution in [0.25, 0.3) is 56.0 Å². The van der Waals surface area contributed by atoms with Gasteiger partial charge in [0.15, 0.2) is 11.5 Å². The number of hydrogen-bond donors (Lipinski definition) is 4. The summed E-state index contributed by atoms with van der Waals surface area (Å²) in [5.74, 6) is 0.611. The third-order valence-corrected chi connectivity index (χ3v) is 7.57. The van der Waals surface area contributed by atoms with Crippen molar-refractivity contribution in [2.75, 3.05) is 6.54 Å². The molecule has 0 amide bonds. The van der Waals surface area contributed by atoms with Crippen LogP contribution in [-0.4, -0.2) is 46.8 Å². The number of aromatic amines is 2. The van der Waals surface area contributed by atoms with Crippen molar-refractivity contribution in [2.24, 2.45) is 5.92 Å². The average molecular weight is 535 g/mol. The first-order chi connectivity index (χ1) is 19.6. The molecule has 40 heavy (non-hydrogen) atoms. The number of pyridine rings is 3. The van der Waals surface area contributed by atoms with E-state index in [0.29, 0.717) is 33.9 Å². The van der Waals surface area contributed by atoms with Crippen LogP contribution in [0.5, 0.6) is 5.75 Å². The number of aromatic nitrogens is 7. The molecule has 7 rings (SSSR count). The molecule has 0 bridgehead atoms. The molecule has 0 spiro atoms. The van der Waals surface area contributed by atoms with Gasteiger partial charge in [0.05, 0.1) is 16.6 Å². The Morgan fingerprint density at radius 1 is 0.975 bits per heavy atom. The third-order valence-electron chi connectivity index (χ3n) is 7.57. The van der Waals surface area contributed by atoms with Crippen LogP contribution in [0.2, 0.25) is 0 Å². The highest BCUT2D eigenvalue weighted by Gasteiger charge is 2.18. The predicted octanol–water partition coefficient (Wildman–Crippen LogP) is 5.75. The zero-order valence-electron chi connectivity index (χ0n) is 21.7. The third kappa shape index (κ3) is 4.66. The van der Waals surface area contributed by atoms with Crippen LogP contribution in [0, 0.1) is 11.7 Å². The molecule has 5 heterocycles. The van der Waals surface area contributed by atoms with Crippen molar-refractivity contribution in [3.8, 4) is 39.7 Å². The van der Waals surface area contributed by atoms with Gasteiger partial charge in [0.1, 0.15) is 22.8 Å². The number of aromatic hydroxyl groups is 1. The van der Waals surface area contributed by atoms with Crippen LogP contribution in [0.4, 0.5) is 4.39 Å². The maximum Gasteiger partial charge on any atom is 0.181 e. The van der Waals surface area contributed by atoms with Gasteiger partial charge >= 0.3 is 0 Å². The summed E-state index contributed by atoms with van der Waals surface area (Å²) >= 11 is 0. The van der Waals surface area contributed by atoms with Crippen molar-refractivity contribution in [3.05, 3.63) is 72.6 Å². The van der Waals surface area contributed by atoms with E-state index in [1.165, 1.54) is 37.8 Å². The van der Waals surface area contributed by atoms with Crippen molar-refractivity contribution >= 4 is 22.1 Å². The first kappa shape index (κ1) is 24.3. The van der Waals surface area contributed by atoms with Gasteiger partial charge in [0, 0.05) is 54.1 Å². The minimum Gasteiger partial charge on any atom is -0.508 e. The smallest absolute Gasteiger partial charge is 0.181 e. The number of fused-ring (bicyclic) bond motifs is 2. The summed E-state index contributed by atoms with van der Waals surface area (Å²) in [6.07, 6.45) is 12.5. The number of phenols is 1. The highest BCUT2D eigenvalue weighted by atomic mass is 19.1. The molecule has 1 aliphatic rings. The molecule has 200 valence electrons. The van der Waals surface area contributed by atoms with Crippen molar-refractivity contribution in [1.29, 1.82) is 0 Å². The Balaban J connectivity index is 1.21. The monoisotopic (exact) mass is 534 g/mol. The molecule has 1 fully saturated rings. The molecule has 4 N–H and O–H groups in total. The molecule has 1 saturated carbocycles. The summed E-state index contributed by atoms with van der Waals surface area (Å²) in [6, 6.07) is 9.82. The molecule has 6 aromatic rings. The number of H-pyrrole nitrogens is 2. The highest BCUT2D eigenvalue weighted by Crippen LogP contribution is 2.33. The van der Waals surface area contributed by atoms with Crippen molar-refractivity contribution in [2.45, 2.75) is 32.2 Å². The minimum absolute atomic E-state index is 0.175. The second kappa shape index (κ2) is 10.1. The van der Waals surface area contributed by atoms with E-state index >= 15 is 0 Å². The largest absolute Gasteiger partial charge is 0.508 e. The van der Waals surface area contributed by atoms with Crippen LogP contribution in [0.1, 0.15) is 31.2 Å². The van der Waals surface area contributed by atoms with Gasteiger partial charge < -0.3 is 15.4 Å². The van der Waals surface area contributed by atoms with Gasteiger partial charge in [0.25, 0.3) is 0 Å². The SMILES string of the molecule is Oc1cc(F)cc(-c2nccc3[nH]c(-c4[nH]nc5ncc(-c6cncc(CNCC7CCCC7)c6)cc45)nc23)c1. The fraction of sp³-hybridized carbons (Fsp3) is 0.233. The lowest BCUT2D eigenvalue weighted by Crippen LogP contribution is -2.20. The summed E-state index contributed by atoms with van der Waals surface area (Å²) in [5, 5.41) is 21.7. The quantitative estimate of drug-likeness (QED) is 0.205. The van der Waals surface area contributed by atoms with Gasteiger partial charge in [-0.05, 0) is 61.2 Å². The Kier molecular flexibility index (Phi) is 6.16. The van der Waals surface area contributed by atoms with Crippen molar-refractivity contribution in [1.82, 2.24) is 40.4 Å². The van der Waals surface area contributed by atoms with Crippen molar-refractivity contribution in [3.63, 3.8) is 0 Å². The molecule has 0 radical (unpaired) electrons. The Bertz CT molecular complexity index is 1820. The number of hydrogen-bond acceptors (Lipinski definition) is 7. The van der Waals surface area contributed by atoms with E-state index < -0.39 is 5.82 Å². The Labute approximate surface area is 229 Å².